The van der Waals surface area contributed by atoms with E-state index in [0.717, 1.165) is 6.07 Å². The van der Waals surface area contributed by atoms with Crippen LogP contribution in [-0.4, -0.2) is 60.6 Å². The summed E-state index contributed by atoms with van der Waals surface area (Å²) in [6.45, 7) is 6.41. The van der Waals surface area contributed by atoms with Crippen LogP contribution in [0.4, 0.5) is 28.4 Å². The van der Waals surface area contributed by atoms with Gasteiger partial charge in [-0.1, -0.05) is 19.9 Å². The number of rotatable bonds is 12. The molecule has 4 aromatic rings. The Kier molecular flexibility index (Phi) is 10.7. The number of phenolic OH excluding ortho intramolecular Hbond substituents is 1. The Bertz CT molecular complexity index is 2360. The van der Waals surface area contributed by atoms with Crippen molar-refractivity contribution in [1.82, 2.24) is 0 Å². The Morgan fingerprint density at radius 3 is 1.71 bits per heavy atom. The highest BCUT2D eigenvalue weighted by molar-refractivity contribution is 7.91. The van der Waals surface area contributed by atoms with E-state index in [4.69, 9.17) is 15.2 Å². The number of hydrogen-bond donors (Lipinski definition) is 3. The third-order valence-corrected chi connectivity index (χ3v) is 12.3. The number of sulfone groups is 2. The standard InChI is InChI=1S/C31H35N5O10S3/c1-7-11-48(40,41)26-16-24(46-6)22(13-18(26)4)35-36-30-27(49(42,43)44)14-19-9-10-20(31(37)28(19)29(30)32)33-34-21-12-17(3)25(15-23(21)45-5)47(38,39)8-2/h9-10,12-16,37H,7-8,11,32H2,1-6H3,(H,42,43,44). The predicted octanol–water partition coefficient (Wildman–Crippen LogP) is 6.82. The number of phenols is 1. The summed E-state index contributed by atoms with van der Waals surface area (Å²) in [6.07, 6.45) is 0.396. The number of ether oxygens (including phenoxy) is 2. The van der Waals surface area contributed by atoms with Crippen molar-refractivity contribution < 1.29 is 44.4 Å². The molecule has 0 radical (unpaired) electrons. The molecule has 0 saturated carbocycles. The van der Waals surface area contributed by atoms with Gasteiger partial charge in [0.25, 0.3) is 10.1 Å². The maximum absolute atomic E-state index is 12.7. The number of aromatic hydroxyl groups is 1. The van der Waals surface area contributed by atoms with Gasteiger partial charge in [-0.15, -0.1) is 20.5 Å². The molecule has 0 bridgehead atoms. The zero-order valence-electron chi connectivity index (χ0n) is 27.4. The lowest BCUT2D eigenvalue weighted by atomic mass is 10.1. The first-order valence-corrected chi connectivity index (χ1v) is 19.4. The molecule has 0 fully saturated rings. The topological polar surface area (TPSA) is 237 Å². The van der Waals surface area contributed by atoms with Crippen molar-refractivity contribution in [3.05, 3.63) is 53.6 Å². The summed E-state index contributed by atoms with van der Waals surface area (Å²) in [6, 6.07) is 9.24. The quantitative estimate of drug-likeness (QED) is 0.0776. The van der Waals surface area contributed by atoms with Crippen molar-refractivity contribution in [1.29, 1.82) is 0 Å². The second-order valence-corrected chi connectivity index (χ2v) is 16.6. The Morgan fingerprint density at radius 2 is 1.22 bits per heavy atom. The molecule has 0 aliphatic rings. The van der Waals surface area contributed by atoms with E-state index in [2.05, 4.69) is 20.5 Å². The van der Waals surface area contributed by atoms with Gasteiger partial charge in [-0.25, -0.2) is 16.8 Å². The highest BCUT2D eigenvalue weighted by Gasteiger charge is 2.25. The second-order valence-electron chi connectivity index (χ2n) is 10.8. The fourth-order valence-corrected chi connectivity index (χ4v) is 8.46. The van der Waals surface area contributed by atoms with E-state index in [0.29, 0.717) is 17.5 Å². The van der Waals surface area contributed by atoms with Crippen LogP contribution in [0.2, 0.25) is 0 Å². The first kappa shape index (κ1) is 37.2. The molecule has 0 aromatic heterocycles. The van der Waals surface area contributed by atoms with E-state index >= 15 is 0 Å². The van der Waals surface area contributed by atoms with Gasteiger partial charge in [0.1, 0.15) is 39.1 Å². The number of nitrogens with two attached hydrogens (primary N) is 1. The van der Waals surface area contributed by atoms with Crippen LogP contribution in [0.15, 0.2) is 77.6 Å². The first-order valence-electron chi connectivity index (χ1n) is 14.6. The van der Waals surface area contributed by atoms with E-state index < -0.39 is 46.1 Å². The molecule has 18 heteroatoms. The number of nitrogens with zero attached hydrogens (tertiary/aromatic N) is 4. The monoisotopic (exact) mass is 733 g/mol. The molecule has 0 spiro atoms. The zero-order valence-corrected chi connectivity index (χ0v) is 29.9. The molecule has 4 N–H and O–H groups in total. The fourth-order valence-electron chi connectivity index (χ4n) is 5.05. The summed E-state index contributed by atoms with van der Waals surface area (Å²) < 4.78 is 96.0. The second kappa shape index (κ2) is 14.1. The minimum Gasteiger partial charge on any atom is -0.505 e. The third-order valence-electron chi connectivity index (χ3n) is 7.51. The molecule has 0 aliphatic carbocycles. The highest BCUT2D eigenvalue weighted by atomic mass is 32.2. The third kappa shape index (κ3) is 7.51. The van der Waals surface area contributed by atoms with Gasteiger partial charge in [-0.2, -0.15) is 8.42 Å². The van der Waals surface area contributed by atoms with Crippen LogP contribution in [0.3, 0.4) is 0 Å². The average molecular weight is 734 g/mol. The lowest BCUT2D eigenvalue weighted by Gasteiger charge is -2.13. The van der Waals surface area contributed by atoms with E-state index in [1.54, 1.807) is 20.8 Å². The summed E-state index contributed by atoms with van der Waals surface area (Å²) in [4.78, 5) is -0.598. The molecule has 4 rings (SSSR count). The summed E-state index contributed by atoms with van der Waals surface area (Å²) in [5.74, 6) is -0.584. The van der Waals surface area contributed by atoms with Gasteiger partial charge in [-0.05, 0) is 61.0 Å². The molecule has 0 unspecified atom stereocenters. The zero-order chi connectivity index (χ0) is 36.5. The Morgan fingerprint density at radius 1 is 0.714 bits per heavy atom. The maximum atomic E-state index is 12.7. The van der Waals surface area contributed by atoms with Gasteiger partial charge >= 0.3 is 0 Å². The predicted molar refractivity (Wildman–Crippen MR) is 184 cm³/mol. The molecule has 0 heterocycles. The van der Waals surface area contributed by atoms with E-state index in [-0.39, 0.29) is 66.3 Å². The largest absolute Gasteiger partial charge is 0.505 e. The van der Waals surface area contributed by atoms with Crippen molar-refractivity contribution in [3.63, 3.8) is 0 Å². The minimum atomic E-state index is -4.93. The number of methoxy groups -OCH3 is 2. The van der Waals surface area contributed by atoms with E-state index in [9.17, 15) is 34.9 Å². The van der Waals surface area contributed by atoms with Crippen LogP contribution < -0.4 is 15.2 Å². The maximum Gasteiger partial charge on any atom is 0.296 e. The van der Waals surface area contributed by atoms with Crippen LogP contribution in [0, 0.1) is 13.8 Å². The van der Waals surface area contributed by atoms with Crippen molar-refractivity contribution in [2.24, 2.45) is 20.5 Å². The number of anilines is 1. The normalized spacial score (nSPS) is 12.7. The summed E-state index contributed by atoms with van der Waals surface area (Å²) in [7, 11) is -9.48. The van der Waals surface area contributed by atoms with Gasteiger partial charge in [0.15, 0.2) is 25.4 Å². The molecule has 4 aromatic carbocycles. The first-order chi connectivity index (χ1) is 22.9. The summed E-state index contributed by atoms with van der Waals surface area (Å²) in [5.41, 5.74) is 6.29. The van der Waals surface area contributed by atoms with Crippen LogP contribution in [0.5, 0.6) is 17.2 Å². The van der Waals surface area contributed by atoms with Gasteiger partial charge in [0.2, 0.25) is 0 Å². The number of hydrogen-bond acceptors (Lipinski definition) is 14. The van der Waals surface area contributed by atoms with Crippen molar-refractivity contribution in [2.45, 2.75) is 48.8 Å². The average Bonchev–Trinajstić information content (AvgIpc) is 3.03. The Hall–Kier alpha value is -4.65. The summed E-state index contributed by atoms with van der Waals surface area (Å²) >= 11 is 0. The number of azo groups is 2. The van der Waals surface area contributed by atoms with Gasteiger partial charge < -0.3 is 20.3 Å². The smallest absolute Gasteiger partial charge is 0.296 e. The minimum absolute atomic E-state index is 0.0216. The van der Waals surface area contributed by atoms with Gasteiger partial charge in [0.05, 0.1) is 46.6 Å². The van der Waals surface area contributed by atoms with Gasteiger partial charge in [-0.3, -0.25) is 4.55 Å². The van der Waals surface area contributed by atoms with E-state index in [1.165, 1.54) is 57.5 Å². The lowest BCUT2D eigenvalue weighted by Crippen LogP contribution is -2.08. The molecule has 0 saturated heterocycles. The Balaban J connectivity index is 1.87. The van der Waals surface area contributed by atoms with Crippen LogP contribution >= 0.6 is 0 Å². The van der Waals surface area contributed by atoms with Crippen LogP contribution in [-0.2, 0) is 29.8 Å². The van der Waals surface area contributed by atoms with Crippen LogP contribution in [0.25, 0.3) is 10.8 Å². The number of benzene rings is 4. The molecule has 0 amide bonds. The van der Waals surface area contributed by atoms with Crippen molar-refractivity contribution in [2.75, 3.05) is 31.5 Å². The summed E-state index contributed by atoms with van der Waals surface area (Å²) in [5, 5.41) is 27.6. The molecule has 0 atom stereocenters. The number of nitrogen functional groups attached to an aromatic ring is 1. The lowest BCUT2D eigenvalue weighted by molar-refractivity contribution is 0.414. The molecule has 0 aliphatic heterocycles. The molecule has 262 valence electrons. The molecular formula is C31H35N5O10S3. The SMILES string of the molecule is CCCS(=O)(=O)c1cc(OC)c(N=Nc2c(S(=O)(=O)O)cc3ccc(N=Nc4cc(C)c(S(=O)(=O)CC)cc4OC)c(O)c3c2N)cc1C. The molecular weight excluding hydrogens is 699 g/mol. The molecule has 49 heavy (non-hydrogen) atoms. The van der Waals surface area contributed by atoms with Gasteiger partial charge in [0, 0.05) is 12.1 Å². The number of fused-ring (bicyclic) bond motifs is 1. The van der Waals surface area contributed by atoms with Crippen LogP contribution in [0.1, 0.15) is 31.4 Å². The Labute approximate surface area is 284 Å². The number of aryl methyl sites for hydroxylation is 2. The fraction of sp³-hybridized carbons (Fsp3) is 0.290. The highest BCUT2D eigenvalue weighted by Crippen LogP contribution is 2.46. The molecule has 15 nitrogen and oxygen atoms in total. The van der Waals surface area contributed by atoms with Crippen molar-refractivity contribution >= 4 is 69.0 Å². The van der Waals surface area contributed by atoms with Crippen molar-refractivity contribution in [3.8, 4) is 17.2 Å². The van der Waals surface area contributed by atoms with E-state index in [1.807, 2.05) is 0 Å².